The first-order valence-electron chi connectivity index (χ1n) is 13.9. The molecular weight excluding hydrogens is 468 g/mol. The minimum Gasteiger partial charge on any atom is -0.371 e. The first-order chi connectivity index (χ1) is 17.0. The highest BCUT2D eigenvalue weighted by molar-refractivity contribution is 8.00. The van der Waals surface area contributed by atoms with Crippen LogP contribution in [-0.2, 0) is 10.2 Å². The molecule has 5 rings (SSSR count). The third kappa shape index (κ3) is 6.26. The minimum atomic E-state index is 0.0757. The van der Waals surface area contributed by atoms with E-state index in [0.29, 0.717) is 23.0 Å². The molecule has 3 fully saturated rings. The number of rotatable bonds is 13. The predicted octanol–water partition coefficient (Wildman–Crippen LogP) is 7.74. The van der Waals surface area contributed by atoms with Crippen molar-refractivity contribution >= 4 is 41.4 Å². The molecule has 194 valence electrons. The Morgan fingerprint density at radius 1 is 1.17 bits per heavy atom. The topological polar surface area (TPSA) is 23.6 Å². The molecule has 0 amide bonds. The highest BCUT2D eigenvalue weighted by Gasteiger charge is 2.46. The van der Waals surface area contributed by atoms with Crippen LogP contribution in [0.3, 0.4) is 0 Å². The van der Waals surface area contributed by atoms with Crippen molar-refractivity contribution in [3.63, 3.8) is 0 Å². The van der Waals surface area contributed by atoms with Crippen molar-refractivity contribution in [1.29, 1.82) is 0 Å². The third-order valence-electron chi connectivity index (χ3n) is 8.88. The lowest BCUT2D eigenvalue weighted by atomic mass is 9.60. The Hall–Kier alpha value is -1.07. The lowest BCUT2D eigenvalue weighted by Crippen LogP contribution is -2.55. The molecule has 3 nitrogen and oxygen atoms in total. The summed E-state index contributed by atoms with van der Waals surface area (Å²) in [5.41, 5.74) is 4.26. The zero-order valence-electron chi connectivity index (χ0n) is 22.4. The van der Waals surface area contributed by atoms with E-state index in [0.717, 1.165) is 25.8 Å². The molecule has 5 heteroatoms. The van der Waals surface area contributed by atoms with E-state index in [2.05, 4.69) is 78.5 Å². The van der Waals surface area contributed by atoms with E-state index in [-0.39, 0.29) is 5.41 Å². The number of fused-ring (bicyclic) bond motifs is 2. The summed E-state index contributed by atoms with van der Waals surface area (Å²) in [6, 6.07) is 7.17. The number of nitrogens with zero attached hydrogens (tertiary/aromatic N) is 2. The van der Waals surface area contributed by atoms with E-state index in [1.54, 1.807) is 11.9 Å². The molecule has 4 atom stereocenters. The van der Waals surface area contributed by atoms with Crippen LogP contribution >= 0.6 is 23.7 Å². The van der Waals surface area contributed by atoms with Crippen LogP contribution in [0.4, 0.5) is 11.4 Å². The highest BCUT2D eigenvalue weighted by Crippen LogP contribution is 2.49. The number of unbranched alkanes of at least 4 members (excludes halogenated alkanes) is 4. The maximum Gasteiger partial charge on any atom is 0.120 e. The number of aldehydes is 1. The molecule has 2 aliphatic carbocycles. The van der Waals surface area contributed by atoms with Crippen LogP contribution < -0.4 is 9.21 Å². The maximum atomic E-state index is 11.1. The average Bonchev–Trinajstić information content (AvgIpc) is 2.89. The van der Waals surface area contributed by atoms with Gasteiger partial charge in [-0.2, -0.15) is 11.8 Å². The van der Waals surface area contributed by atoms with Crippen molar-refractivity contribution < 1.29 is 4.79 Å². The van der Waals surface area contributed by atoms with Gasteiger partial charge >= 0.3 is 0 Å². The Labute approximate surface area is 223 Å². The number of hydrogen-bond acceptors (Lipinski definition) is 5. The summed E-state index contributed by atoms with van der Waals surface area (Å²) < 4.78 is 2.32. The number of allylic oxidation sites excluding steroid dienone is 1. The summed E-state index contributed by atoms with van der Waals surface area (Å²) in [5.74, 6) is 3.32. The largest absolute Gasteiger partial charge is 0.371 e. The average molecular weight is 515 g/mol. The van der Waals surface area contributed by atoms with Gasteiger partial charge in [0.25, 0.3) is 0 Å². The molecule has 2 heterocycles. The SMILES string of the molecule is CCCCCCCSC1C=CC(C)(c2cc(N3CC4CC(C3)C4CC=O)ccc2N(C)SC)CC1. The smallest absolute Gasteiger partial charge is 0.120 e. The van der Waals surface area contributed by atoms with Gasteiger partial charge in [0.2, 0.25) is 0 Å². The molecule has 2 saturated heterocycles. The minimum absolute atomic E-state index is 0.0757. The number of carbonyl (C=O) groups is 1. The van der Waals surface area contributed by atoms with Gasteiger partial charge in [0, 0.05) is 49.2 Å². The molecule has 1 saturated carbocycles. The van der Waals surface area contributed by atoms with Crippen LogP contribution in [0.15, 0.2) is 30.4 Å². The Bertz CT molecular complexity index is 862. The molecule has 0 spiro atoms. The van der Waals surface area contributed by atoms with Crippen molar-refractivity contribution in [2.24, 2.45) is 17.8 Å². The predicted molar refractivity (Wildman–Crippen MR) is 157 cm³/mol. The summed E-state index contributed by atoms with van der Waals surface area (Å²) in [6.45, 7) is 6.95. The summed E-state index contributed by atoms with van der Waals surface area (Å²) in [4.78, 5) is 13.7. The van der Waals surface area contributed by atoms with E-state index in [1.165, 1.54) is 74.1 Å². The van der Waals surface area contributed by atoms with E-state index in [9.17, 15) is 4.79 Å². The van der Waals surface area contributed by atoms with Gasteiger partial charge in [-0.1, -0.05) is 63.6 Å². The van der Waals surface area contributed by atoms with Crippen LogP contribution in [0, 0.1) is 17.8 Å². The molecule has 0 N–H and O–H groups in total. The fourth-order valence-electron chi connectivity index (χ4n) is 6.49. The second kappa shape index (κ2) is 12.4. The van der Waals surface area contributed by atoms with Crippen LogP contribution in [0.1, 0.15) is 77.2 Å². The molecular formula is C30H46N2OS2. The fourth-order valence-corrected chi connectivity index (χ4v) is 7.99. The first kappa shape index (κ1) is 27.0. The molecule has 1 aromatic carbocycles. The number of hydrogen-bond donors (Lipinski definition) is 0. The monoisotopic (exact) mass is 514 g/mol. The van der Waals surface area contributed by atoms with Crippen molar-refractivity contribution in [3.05, 3.63) is 35.9 Å². The van der Waals surface area contributed by atoms with Gasteiger partial charge in [-0.05, 0) is 73.0 Å². The van der Waals surface area contributed by atoms with Gasteiger partial charge in [0.05, 0.1) is 5.69 Å². The van der Waals surface area contributed by atoms with Gasteiger partial charge in [-0.25, -0.2) is 0 Å². The lowest BCUT2D eigenvalue weighted by molar-refractivity contribution is -0.111. The molecule has 4 aliphatic rings. The van der Waals surface area contributed by atoms with Crippen LogP contribution in [0.5, 0.6) is 0 Å². The molecule has 1 aromatic rings. The van der Waals surface area contributed by atoms with Gasteiger partial charge < -0.3 is 14.0 Å². The van der Waals surface area contributed by atoms with Crippen LogP contribution in [-0.4, -0.2) is 43.7 Å². The molecule has 0 aromatic heterocycles. The zero-order valence-corrected chi connectivity index (χ0v) is 24.0. The lowest BCUT2D eigenvalue weighted by Gasteiger charge is -2.54. The fraction of sp³-hybridized carbons (Fsp3) is 0.700. The van der Waals surface area contributed by atoms with Crippen molar-refractivity contribution in [3.8, 4) is 0 Å². The van der Waals surface area contributed by atoms with Gasteiger partial charge in [0.15, 0.2) is 0 Å². The Balaban J connectivity index is 1.45. The third-order valence-corrected chi connectivity index (χ3v) is 11.0. The van der Waals surface area contributed by atoms with Crippen molar-refractivity contribution in [2.75, 3.05) is 41.4 Å². The Morgan fingerprint density at radius 2 is 1.94 bits per heavy atom. The summed E-state index contributed by atoms with van der Waals surface area (Å²) in [7, 11) is 2.19. The summed E-state index contributed by atoms with van der Waals surface area (Å²) in [6.07, 6.45) is 19.7. The van der Waals surface area contributed by atoms with E-state index in [1.807, 2.05) is 0 Å². The van der Waals surface area contributed by atoms with Crippen molar-refractivity contribution in [1.82, 2.24) is 0 Å². The molecule has 4 unspecified atom stereocenters. The number of benzene rings is 1. The van der Waals surface area contributed by atoms with Gasteiger partial charge in [-0.15, -0.1) is 0 Å². The number of piperidine rings is 2. The maximum absolute atomic E-state index is 11.1. The highest BCUT2D eigenvalue weighted by atomic mass is 32.2. The standard InChI is InChI=1S/C30H46N2OS2/c1-5-6-7-8-9-18-35-26-12-15-30(2,16-13-26)28-20-25(10-11-29(28)31(3)34-4)32-21-23-19-24(22-32)27(23)14-17-33/h10-12,15,17,20,23-24,26-27H,5-9,13-14,16,18-19,21-22H2,1-4H3. The second-order valence-electron chi connectivity index (χ2n) is 11.2. The van der Waals surface area contributed by atoms with E-state index >= 15 is 0 Å². The van der Waals surface area contributed by atoms with Crippen molar-refractivity contribution in [2.45, 2.75) is 82.3 Å². The summed E-state index contributed by atoms with van der Waals surface area (Å²) >= 11 is 3.95. The molecule has 2 aliphatic heterocycles. The zero-order chi connectivity index (χ0) is 24.8. The van der Waals surface area contributed by atoms with Crippen LogP contribution in [0.25, 0.3) is 0 Å². The number of thioether (sulfide) groups is 1. The van der Waals surface area contributed by atoms with Gasteiger partial charge in [-0.3, -0.25) is 0 Å². The normalized spacial score (nSPS) is 29.7. The Kier molecular flexibility index (Phi) is 9.60. The molecule has 2 bridgehead atoms. The van der Waals surface area contributed by atoms with Gasteiger partial charge in [0.1, 0.15) is 6.29 Å². The summed E-state index contributed by atoms with van der Waals surface area (Å²) in [5, 5.41) is 0.670. The first-order valence-corrected chi connectivity index (χ1v) is 16.1. The van der Waals surface area contributed by atoms with E-state index in [4.69, 9.17) is 0 Å². The quantitative estimate of drug-likeness (QED) is 0.116. The second-order valence-corrected chi connectivity index (χ2v) is 13.5. The van der Waals surface area contributed by atoms with Crippen LogP contribution in [0.2, 0.25) is 0 Å². The Morgan fingerprint density at radius 3 is 2.60 bits per heavy atom. The number of anilines is 2. The molecule has 35 heavy (non-hydrogen) atoms. The van der Waals surface area contributed by atoms with E-state index < -0.39 is 0 Å². The number of carbonyl (C=O) groups excluding carboxylic acids is 1. The molecule has 0 radical (unpaired) electrons.